The van der Waals surface area contributed by atoms with Crippen molar-refractivity contribution in [2.24, 2.45) is 11.8 Å². The summed E-state index contributed by atoms with van der Waals surface area (Å²) in [6.45, 7) is 7.51. The Labute approximate surface area is 185 Å². The Morgan fingerprint density at radius 3 is 1.20 bits per heavy atom. The van der Waals surface area contributed by atoms with Crippen LogP contribution in [0.15, 0.2) is 0 Å². The smallest absolute Gasteiger partial charge is 0.302 e. The van der Waals surface area contributed by atoms with Crippen molar-refractivity contribution in [1.82, 2.24) is 0 Å². The van der Waals surface area contributed by atoms with Crippen LogP contribution in [0, 0.1) is 11.8 Å². The van der Waals surface area contributed by atoms with Gasteiger partial charge in [0.15, 0.2) is 0 Å². The van der Waals surface area contributed by atoms with Gasteiger partial charge in [-0.2, -0.15) is 0 Å². The summed E-state index contributed by atoms with van der Waals surface area (Å²) in [7, 11) is 0. The Hall–Kier alpha value is -1.06. The molecular weight excluding hydrogens is 376 g/mol. The number of ether oxygens (including phenoxy) is 2. The number of hydrogen-bond acceptors (Lipinski definition) is 4. The van der Waals surface area contributed by atoms with E-state index in [9.17, 15) is 9.59 Å². The lowest BCUT2D eigenvalue weighted by atomic mass is 9.84. The number of hydrogen-bond donors (Lipinski definition) is 0. The van der Waals surface area contributed by atoms with Crippen molar-refractivity contribution < 1.29 is 19.1 Å². The van der Waals surface area contributed by atoms with Crippen LogP contribution in [-0.4, -0.2) is 24.1 Å². The fourth-order valence-corrected chi connectivity index (χ4v) is 4.91. The van der Waals surface area contributed by atoms with E-state index in [4.69, 9.17) is 9.47 Å². The minimum absolute atomic E-state index is 0.121. The summed E-state index contributed by atoms with van der Waals surface area (Å²) in [4.78, 5) is 21.6. The molecule has 0 saturated heterocycles. The molecule has 0 N–H and O–H groups in total. The molecule has 4 heteroatoms. The first-order valence-electron chi connectivity index (χ1n) is 12.8. The van der Waals surface area contributed by atoms with Crippen LogP contribution in [0.4, 0.5) is 0 Å². The minimum Gasteiger partial charge on any atom is -0.463 e. The van der Waals surface area contributed by atoms with E-state index in [1.165, 1.54) is 90.9 Å². The topological polar surface area (TPSA) is 52.6 Å². The van der Waals surface area contributed by atoms with E-state index in [-0.39, 0.29) is 24.1 Å². The van der Waals surface area contributed by atoms with Gasteiger partial charge < -0.3 is 9.47 Å². The van der Waals surface area contributed by atoms with E-state index in [1.807, 2.05) is 0 Å². The van der Waals surface area contributed by atoms with Crippen LogP contribution >= 0.6 is 0 Å². The lowest BCUT2D eigenvalue weighted by molar-refractivity contribution is -0.149. The van der Waals surface area contributed by atoms with Crippen LogP contribution in [0.3, 0.4) is 0 Å². The molecule has 0 radical (unpaired) electrons. The predicted molar refractivity (Wildman–Crippen MR) is 123 cm³/mol. The summed E-state index contributed by atoms with van der Waals surface area (Å²) < 4.78 is 10.5. The van der Waals surface area contributed by atoms with Crippen molar-refractivity contribution in [3.63, 3.8) is 0 Å². The van der Waals surface area contributed by atoms with E-state index in [2.05, 4.69) is 13.8 Å². The van der Waals surface area contributed by atoms with Gasteiger partial charge in [-0.25, -0.2) is 0 Å². The summed E-state index contributed by atoms with van der Waals surface area (Å²) in [5.74, 6) is 1.54. The second kappa shape index (κ2) is 16.6. The molecule has 0 atom stereocenters. The molecule has 2 fully saturated rings. The number of carbonyl (C=O) groups excluding carboxylic acids is 2. The Kier molecular flexibility index (Phi) is 14.9. The maximum atomic E-state index is 10.8. The van der Waals surface area contributed by atoms with Gasteiger partial charge in [0.05, 0.1) is 0 Å². The van der Waals surface area contributed by atoms with Crippen molar-refractivity contribution in [3.05, 3.63) is 0 Å². The van der Waals surface area contributed by atoms with Crippen LogP contribution in [0.2, 0.25) is 0 Å². The van der Waals surface area contributed by atoms with E-state index in [1.54, 1.807) is 0 Å². The largest absolute Gasteiger partial charge is 0.463 e. The molecule has 0 aromatic rings. The highest BCUT2D eigenvalue weighted by Crippen LogP contribution is 2.30. The van der Waals surface area contributed by atoms with Crippen molar-refractivity contribution in [2.75, 3.05) is 0 Å². The average Bonchev–Trinajstić information content (AvgIpc) is 2.71. The molecule has 0 unspecified atom stereocenters. The van der Waals surface area contributed by atoms with Gasteiger partial charge in [-0.05, 0) is 63.2 Å². The first kappa shape index (κ1) is 27.0. The van der Waals surface area contributed by atoms with Crippen molar-refractivity contribution in [2.45, 2.75) is 143 Å². The molecule has 2 aliphatic carbocycles. The maximum Gasteiger partial charge on any atom is 0.302 e. The molecule has 4 nitrogen and oxygen atoms in total. The normalized spacial score (nSPS) is 26.3. The number of rotatable bonds is 10. The molecule has 0 heterocycles. The lowest BCUT2D eigenvalue weighted by Gasteiger charge is -2.27. The Morgan fingerprint density at radius 2 is 0.933 bits per heavy atom. The zero-order chi connectivity index (χ0) is 22.2. The van der Waals surface area contributed by atoms with Gasteiger partial charge in [-0.3, -0.25) is 9.59 Å². The van der Waals surface area contributed by atoms with Crippen molar-refractivity contribution in [1.29, 1.82) is 0 Å². The highest BCUT2D eigenvalue weighted by Gasteiger charge is 2.23. The second-order valence-corrected chi connectivity index (χ2v) is 9.50. The summed E-state index contributed by atoms with van der Waals surface area (Å²) in [5.41, 5.74) is 0. The average molecular weight is 425 g/mol. The van der Waals surface area contributed by atoms with Crippen LogP contribution in [0.5, 0.6) is 0 Å². The van der Waals surface area contributed by atoms with Crippen LogP contribution in [0.25, 0.3) is 0 Å². The molecule has 30 heavy (non-hydrogen) atoms. The first-order valence-corrected chi connectivity index (χ1v) is 12.8. The Balaban J connectivity index is 0.000000300. The van der Waals surface area contributed by atoms with E-state index in [0.717, 1.165) is 37.5 Å². The van der Waals surface area contributed by atoms with Gasteiger partial charge in [0.2, 0.25) is 0 Å². The number of unbranched alkanes of at least 4 members (excludes halogenated alkanes) is 4. The van der Waals surface area contributed by atoms with Crippen molar-refractivity contribution >= 4 is 11.9 Å². The van der Waals surface area contributed by atoms with Gasteiger partial charge in [-0.15, -0.1) is 0 Å². The van der Waals surface area contributed by atoms with Gasteiger partial charge >= 0.3 is 11.9 Å². The SMILES string of the molecule is CCCCCC1CCC(OC(C)=O)CC1.CCCCCC1CCC(OC(C)=O)CC1. The molecule has 0 aromatic heterocycles. The summed E-state index contributed by atoms with van der Waals surface area (Å²) >= 11 is 0. The molecule has 176 valence electrons. The molecule has 2 rings (SSSR count). The maximum absolute atomic E-state index is 10.8. The molecule has 0 spiro atoms. The molecule has 0 bridgehead atoms. The monoisotopic (exact) mass is 424 g/mol. The Bertz CT molecular complexity index is 404. The van der Waals surface area contributed by atoms with Crippen LogP contribution in [-0.2, 0) is 19.1 Å². The highest BCUT2D eigenvalue weighted by atomic mass is 16.5. The van der Waals surface area contributed by atoms with Gasteiger partial charge in [0, 0.05) is 13.8 Å². The number of esters is 2. The van der Waals surface area contributed by atoms with E-state index in [0.29, 0.717) is 0 Å². The molecule has 0 amide bonds. The molecular formula is C26H48O4. The van der Waals surface area contributed by atoms with Crippen LogP contribution < -0.4 is 0 Å². The molecule has 0 aliphatic heterocycles. The third-order valence-corrected chi connectivity index (χ3v) is 6.68. The number of carbonyl (C=O) groups is 2. The fourth-order valence-electron chi connectivity index (χ4n) is 4.91. The molecule has 2 aliphatic rings. The van der Waals surface area contributed by atoms with E-state index >= 15 is 0 Å². The fraction of sp³-hybridized carbons (Fsp3) is 0.923. The lowest BCUT2D eigenvalue weighted by Crippen LogP contribution is -2.23. The third kappa shape index (κ3) is 13.3. The van der Waals surface area contributed by atoms with Gasteiger partial charge in [-0.1, -0.05) is 65.2 Å². The quantitative estimate of drug-likeness (QED) is 0.271. The summed E-state index contributed by atoms with van der Waals surface area (Å²) in [5, 5.41) is 0. The molecule has 0 aromatic carbocycles. The highest BCUT2D eigenvalue weighted by molar-refractivity contribution is 5.66. The van der Waals surface area contributed by atoms with Gasteiger partial charge in [0.1, 0.15) is 12.2 Å². The first-order chi connectivity index (χ1) is 14.4. The zero-order valence-corrected chi connectivity index (χ0v) is 20.3. The molecule has 2 saturated carbocycles. The predicted octanol–water partition coefficient (Wildman–Crippen LogP) is 7.38. The van der Waals surface area contributed by atoms with Crippen LogP contribution in [0.1, 0.15) is 130 Å². The second-order valence-electron chi connectivity index (χ2n) is 9.50. The summed E-state index contributed by atoms with van der Waals surface area (Å²) in [6.07, 6.45) is 20.6. The van der Waals surface area contributed by atoms with Crippen molar-refractivity contribution in [3.8, 4) is 0 Å². The van der Waals surface area contributed by atoms with E-state index < -0.39 is 0 Å². The van der Waals surface area contributed by atoms with Gasteiger partial charge in [0.25, 0.3) is 0 Å². The minimum atomic E-state index is -0.121. The Morgan fingerprint density at radius 1 is 0.600 bits per heavy atom. The third-order valence-electron chi connectivity index (χ3n) is 6.68. The zero-order valence-electron chi connectivity index (χ0n) is 20.3. The summed E-state index contributed by atoms with van der Waals surface area (Å²) in [6, 6.07) is 0. The standard InChI is InChI=1S/2C13H24O2/c2*1-3-4-5-6-12-7-9-13(10-8-12)15-11(2)14/h2*12-13H,3-10H2,1-2H3.